The van der Waals surface area contributed by atoms with E-state index in [4.69, 9.17) is 0 Å². The van der Waals surface area contributed by atoms with E-state index in [1.807, 2.05) is 18.2 Å². The molecule has 2 N–H and O–H groups in total. The van der Waals surface area contributed by atoms with Crippen molar-refractivity contribution in [1.29, 1.82) is 0 Å². The smallest absolute Gasteiger partial charge is 0.134 e. The lowest BCUT2D eigenvalue weighted by Crippen LogP contribution is -2.44. The Labute approximate surface area is 148 Å². The summed E-state index contributed by atoms with van der Waals surface area (Å²) in [7, 11) is 0. The molecule has 2 rings (SSSR count). The molecule has 20 heavy (non-hydrogen) atoms. The molecule has 3 nitrogen and oxygen atoms in total. The molecule has 1 aliphatic rings. The number of piperazine rings is 1. The van der Waals surface area contributed by atoms with Gasteiger partial charge in [-0.15, -0.1) is 31.4 Å². The Morgan fingerprint density at radius 3 is 2.40 bits per heavy atom. The van der Waals surface area contributed by atoms with E-state index in [1.54, 1.807) is 0 Å². The van der Waals surface area contributed by atoms with E-state index >= 15 is 0 Å². The summed E-state index contributed by atoms with van der Waals surface area (Å²) in [5.41, 5.74) is 0.883. The quantitative estimate of drug-likeness (QED) is 0.688. The van der Waals surface area contributed by atoms with Crippen LogP contribution in [0.25, 0.3) is 0 Å². The van der Waals surface area contributed by atoms with Crippen LogP contribution in [0, 0.1) is 0 Å². The molecular formula is C13H18Br2Cl2N2O. The fourth-order valence-corrected chi connectivity index (χ4v) is 3.50. The first kappa shape index (κ1) is 20.2. The summed E-state index contributed by atoms with van der Waals surface area (Å²) < 4.78 is 1.65. The number of nitrogens with one attached hydrogen (secondary N) is 1. The van der Waals surface area contributed by atoms with Gasteiger partial charge in [0.1, 0.15) is 5.75 Å². The number of rotatable bonds is 3. The van der Waals surface area contributed by atoms with Gasteiger partial charge in [-0.05, 0) is 28.1 Å². The average molecular weight is 449 g/mol. The minimum absolute atomic E-state index is 0. The molecule has 0 aliphatic carbocycles. The van der Waals surface area contributed by atoms with Crippen molar-refractivity contribution in [3.8, 4) is 5.75 Å². The Kier molecular flexibility index (Phi) is 9.38. The third-order valence-corrected chi connectivity index (χ3v) is 4.21. The maximum absolute atomic E-state index is 10.2. The molecule has 0 saturated carbocycles. The van der Waals surface area contributed by atoms with E-state index in [0.717, 1.165) is 36.2 Å². The van der Waals surface area contributed by atoms with E-state index in [0.29, 0.717) is 10.2 Å². The Bertz CT molecular complexity index is 454. The number of nitrogens with zero attached hydrogens (tertiary/aromatic N) is 1. The lowest BCUT2D eigenvalue weighted by atomic mass is 10.0. The largest absolute Gasteiger partial charge is 0.506 e. The maximum Gasteiger partial charge on any atom is 0.134 e. The topological polar surface area (TPSA) is 35.5 Å². The first-order valence-corrected chi connectivity index (χ1v) is 7.47. The highest BCUT2D eigenvalue weighted by molar-refractivity contribution is 9.11. The Morgan fingerprint density at radius 2 is 1.85 bits per heavy atom. The number of aromatic hydroxyl groups is 1. The summed E-state index contributed by atoms with van der Waals surface area (Å²) in [6.07, 6.45) is 1.89. The van der Waals surface area contributed by atoms with Crippen LogP contribution in [-0.2, 0) is 0 Å². The van der Waals surface area contributed by atoms with E-state index < -0.39 is 0 Å². The fourth-order valence-electron chi connectivity index (χ4n) is 2.24. The van der Waals surface area contributed by atoms with E-state index in [2.05, 4.69) is 48.7 Å². The van der Waals surface area contributed by atoms with Crippen LogP contribution in [0.15, 0.2) is 33.7 Å². The second kappa shape index (κ2) is 9.28. The summed E-state index contributed by atoms with van der Waals surface area (Å²) in [6, 6.07) is 3.84. The molecule has 0 spiro atoms. The minimum atomic E-state index is 0. The summed E-state index contributed by atoms with van der Waals surface area (Å²) in [5, 5.41) is 13.5. The first-order chi connectivity index (χ1) is 8.63. The van der Waals surface area contributed by atoms with Gasteiger partial charge in [0.2, 0.25) is 0 Å². The predicted molar refractivity (Wildman–Crippen MR) is 95.4 cm³/mol. The molecule has 1 aliphatic heterocycles. The van der Waals surface area contributed by atoms with Crippen molar-refractivity contribution >= 4 is 56.7 Å². The van der Waals surface area contributed by atoms with Crippen LogP contribution in [0.1, 0.15) is 11.6 Å². The second-order valence-electron chi connectivity index (χ2n) is 4.29. The van der Waals surface area contributed by atoms with Crippen molar-refractivity contribution in [2.45, 2.75) is 6.04 Å². The number of phenols is 1. The molecule has 114 valence electrons. The molecule has 1 aromatic rings. The molecule has 7 heteroatoms. The third kappa shape index (κ3) is 4.61. The summed E-state index contributed by atoms with van der Waals surface area (Å²) >= 11 is 6.84. The fraction of sp³-hybridized carbons (Fsp3) is 0.385. The number of benzene rings is 1. The average Bonchev–Trinajstić information content (AvgIpc) is 2.37. The molecule has 0 amide bonds. The van der Waals surface area contributed by atoms with Gasteiger partial charge in [0.15, 0.2) is 0 Å². The second-order valence-corrected chi connectivity index (χ2v) is 6.06. The molecule has 1 saturated heterocycles. The van der Waals surface area contributed by atoms with Crippen LogP contribution in [-0.4, -0.2) is 36.2 Å². The van der Waals surface area contributed by atoms with Gasteiger partial charge in [-0.2, -0.15) is 0 Å². The highest BCUT2D eigenvalue weighted by Crippen LogP contribution is 2.37. The Hall–Kier alpha value is 0.220. The molecular weight excluding hydrogens is 431 g/mol. The summed E-state index contributed by atoms with van der Waals surface area (Å²) in [4.78, 5) is 2.32. The molecule has 1 fully saturated rings. The zero-order valence-electron chi connectivity index (χ0n) is 10.8. The van der Waals surface area contributed by atoms with Gasteiger partial charge in [-0.3, -0.25) is 4.90 Å². The molecule has 0 aromatic heterocycles. The SMILES string of the molecule is C=C[C@H](c1cc(Br)cc(Br)c1O)N1CCNCC1.Cl.Cl. The van der Waals surface area contributed by atoms with Crippen molar-refractivity contribution in [3.05, 3.63) is 39.3 Å². The van der Waals surface area contributed by atoms with E-state index in [1.165, 1.54) is 0 Å². The van der Waals surface area contributed by atoms with Crippen LogP contribution in [0.4, 0.5) is 0 Å². The monoisotopic (exact) mass is 446 g/mol. The lowest BCUT2D eigenvalue weighted by molar-refractivity contribution is 0.201. The lowest BCUT2D eigenvalue weighted by Gasteiger charge is -2.33. The molecule has 1 atom stereocenters. The Morgan fingerprint density at radius 1 is 1.25 bits per heavy atom. The molecule has 0 radical (unpaired) electrons. The molecule has 1 aromatic carbocycles. The van der Waals surface area contributed by atoms with Crippen molar-refractivity contribution in [2.75, 3.05) is 26.2 Å². The number of hydrogen-bond donors (Lipinski definition) is 2. The van der Waals surface area contributed by atoms with Gasteiger partial charge in [-0.25, -0.2) is 0 Å². The highest BCUT2D eigenvalue weighted by Gasteiger charge is 2.23. The van der Waals surface area contributed by atoms with Crippen LogP contribution < -0.4 is 5.32 Å². The van der Waals surface area contributed by atoms with Gasteiger partial charge in [0, 0.05) is 36.2 Å². The highest BCUT2D eigenvalue weighted by atomic mass is 79.9. The standard InChI is InChI=1S/C13H16Br2N2O.2ClH/c1-2-12(17-5-3-16-4-6-17)10-7-9(14)8-11(15)13(10)18;;/h2,7-8,12,16,18H,1,3-6H2;2*1H/t12-;;/m1../s1. The minimum Gasteiger partial charge on any atom is -0.506 e. The van der Waals surface area contributed by atoms with Gasteiger partial charge < -0.3 is 10.4 Å². The van der Waals surface area contributed by atoms with Crippen molar-refractivity contribution in [1.82, 2.24) is 10.2 Å². The van der Waals surface area contributed by atoms with Crippen molar-refractivity contribution in [2.24, 2.45) is 0 Å². The third-order valence-electron chi connectivity index (χ3n) is 3.14. The number of phenolic OH excluding ortho intramolecular Hbond substituents is 1. The van der Waals surface area contributed by atoms with Crippen LogP contribution in [0.2, 0.25) is 0 Å². The molecule has 0 bridgehead atoms. The maximum atomic E-state index is 10.2. The Balaban J connectivity index is 0.00000180. The van der Waals surface area contributed by atoms with Crippen LogP contribution >= 0.6 is 56.7 Å². The first-order valence-electron chi connectivity index (χ1n) is 5.88. The van der Waals surface area contributed by atoms with Crippen molar-refractivity contribution in [3.63, 3.8) is 0 Å². The van der Waals surface area contributed by atoms with E-state index in [9.17, 15) is 5.11 Å². The van der Waals surface area contributed by atoms with Gasteiger partial charge in [-0.1, -0.05) is 22.0 Å². The zero-order valence-corrected chi connectivity index (χ0v) is 15.6. The van der Waals surface area contributed by atoms with Gasteiger partial charge >= 0.3 is 0 Å². The van der Waals surface area contributed by atoms with E-state index in [-0.39, 0.29) is 30.9 Å². The zero-order chi connectivity index (χ0) is 13.1. The van der Waals surface area contributed by atoms with Gasteiger partial charge in [0.25, 0.3) is 0 Å². The summed E-state index contributed by atoms with van der Waals surface area (Å²) in [5.74, 6) is 0.293. The molecule has 1 heterocycles. The molecule has 0 unspecified atom stereocenters. The summed E-state index contributed by atoms with van der Waals surface area (Å²) in [6.45, 7) is 7.77. The van der Waals surface area contributed by atoms with Crippen molar-refractivity contribution < 1.29 is 5.11 Å². The van der Waals surface area contributed by atoms with Crippen LogP contribution in [0.3, 0.4) is 0 Å². The van der Waals surface area contributed by atoms with Crippen LogP contribution in [0.5, 0.6) is 5.75 Å². The predicted octanol–water partition coefficient (Wildman–Crippen LogP) is 3.89. The normalized spacial score (nSPS) is 16.7. The number of halogens is 4. The number of hydrogen-bond acceptors (Lipinski definition) is 3. The van der Waals surface area contributed by atoms with Gasteiger partial charge in [0.05, 0.1) is 10.5 Å².